The van der Waals surface area contributed by atoms with Gasteiger partial charge >= 0.3 is 0 Å². The zero-order valence-corrected chi connectivity index (χ0v) is 20.7. The molecule has 0 aliphatic carbocycles. The lowest BCUT2D eigenvalue weighted by Crippen LogP contribution is -2.46. The minimum absolute atomic E-state index is 0.925. The summed E-state index contributed by atoms with van der Waals surface area (Å²) in [6.07, 6.45) is 2.49. The molecule has 0 aromatic carbocycles. The van der Waals surface area contributed by atoms with Crippen molar-refractivity contribution in [3.63, 3.8) is 0 Å². The van der Waals surface area contributed by atoms with Crippen LogP contribution in [0.4, 0.5) is 0 Å². The van der Waals surface area contributed by atoms with Crippen LogP contribution in [0.5, 0.6) is 0 Å². The van der Waals surface area contributed by atoms with Crippen molar-refractivity contribution in [1.29, 1.82) is 0 Å². The minimum Gasteiger partial charge on any atom is -0.0698 e. The highest BCUT2D eigenvalue weighted by Gasteiger charge is 2.38. The maximum atomic E-state index is 4.04. The average molecular weight is 360 g/mol. The van der Waals surface area contributed by atoms with E-state index in [1.807, 2.05) is 0 Å². The molecule has 1 radical (unpaired) electrons. The molecule has 0 aromatic rings. The minimum atomic E-state index is -1.03. The van der Waals surface area contributed by atoms with Gasteiger partial charge in [-0.3, -0.25) is 0 Å². The first kappa shape index (κ1) is 21.9. The molecule has 0 N–H and O–H groups in total. The lowest BCUT2D eigenvalue weighted by Gasteiger charge is -2.39. The Bertz CT molecular complexity index is 281. The van der Waals surface area contributed by atoms with Gasteiger partial charge in [-0.25, -0.2) is 0 Å². The maximum absolute atomic E-state index is 4.04. The predicted octanol–water partition coefficient (Wildman–Crippen LogP) is 7.14. The third-order valence-corrected chi connectivity index (χ3v) is 25.0. The van der Waals surface area contributed by atoms with E-state index in [0.717, 1.165) is 6.42 Å². The van der Waals surface area contributed by atoms with Crippen molar-refractivity contribution in [1.82, 2.24) is 0 Å². The summed E-state index contributed by atoms with van der Waals surface area (Å²) in [7, 11) is -3.84. The van der Waals surface area contributed by atoms with E-state index < -0.39 is 32.3 Å². The topological polar surface area (TPSA) is 0 Å². The number of hydrogen-bond acceptors (Lipinski definition) is 0. The number of rotatable bonds is 10. The van der Waals surface area contributed by atoms with E-state index in [1.165, 1.54) is 12.5 Å². The number of hydrogen-bond donors (Lipinski definition) is 0. The van der Waals surface area contributed by atoms with E-state index in [1.54, 1.807) is 23.4 Å². The lowest BCUT2D eigenvalue weighted by atomic mass is 10.4. The van der Waals surface area contributed by atoms with Gasteiger partial charge in [-0.05, 0) is 0 Å². The maximum Gasteiger partial charge on any atom is 0.0470 e. The fourth-order valence-electron chi connectivity index (χ4n) is 4.17. The van der Waals surface area contributed by atoms with Crippen LogP contribution in [0.25, 0.3) is 0 Å². The van der Waals surface area contributed by atoms with Crippen LogP contribution in [0.3, 0.4) is 0 Å². The average Bonchev–Trinajstić information content (AvgIpc) is 2.19. The second kappa shape index (κ2) is 8.11. The fourth-order valence-corrected chi connectivity index (χ4v) is 34.3. The van der Waals surface area contributed by atoms with Crippen LogP contribution in [-0.4, -0.2) is 32.3 Å². The molecule has 0 amide bonds. The highest BCUT2D eigenvalue weighted by atomic mass is 28.4. The van der Waals surface area contributed by atoms with Crippen molar-refractivity contribution in [3.8, 4) is 0 Å². The quantitative estimate of drug-likeness (QED) is 0.363. The molecule has 0 rings (SSSR count). The second-order valence-corrected chi connectivity index (χ2v) is 33.4. The molecular formula is C17H43Si4. The van der Waals surface area contributed by atoms with Crippen LogP contribution < -0.4 is 0 Å². The van der Waals surface area contributed by atoms with Crippen molar-refractivity contribution in [2.45, 2.75) is 101 Å². The standard InChI is InChI=1S/C17H43Si4/c1-11-12-13-20(8,9)14-15-21(10,16-18(2,3)4)17-19(5,6)7/h1,11-17H2,2-10H3. The van der Waals surface area contributed by atoms with Gasteiger partial charge in [0.2, 0.25) is 0 Å². The third-order valence-electron chi connectivity index (χ3n) is 4.42. The Morgan fingerprint density at radius 2 is 1.05 bits per heavy atom. The van der Waals surface area contributed by atoms with E-state index >= 15 is 0 Å². The zero-order valence-electron chi connectivity index (χ0n) is 16.7. The van der Waals surface area contributed by atoms with E-state index in [0.29, 0.717) is 0 Å². The van der Waals surface area contributed by atoms with E-state index in [-0.39, 0.29) is 0 Å². The summed E-state index contributed by atoms with van der Waals surface area (Å²) < 4.78 is 0. The molecule has 0 atom stereocenters. The summed E-state index contributed by atoms with van der Waals surface area (Å²) in [5.41, 5.74) is 3.31. The van der Waals surface area contributed by atoms with Crippen LogP contribution in [-0.2, 0) is 0 Å². The smallest absolute Gasteiger partial charge is 0.0470 e. The second-order valence-electron chi connectivity index (χ2n) is 10.9. The third kappa shape index (κ3) is 12.0. The molecular weight excluding hydrogens is 317 g/mol. The lowest BCUT2D eigenvalue weighted by molar-refractivity contribution is 0.924. The molecule has 4 heteroatoms. The Morgan fingerprint density at radius 1 is 0.619 bits per heavy atom. The summed E-state index contributed by atoms with van der Waals surface area (Å²) in [5, 5.41) is 0. The van der Waals surface area contributed by atoms with Crippen LogP contribution in [0.15, 0.2) is 0 Å². The van der Waals surface area contributed by atoms with E-state index in [2.05, 4.69) is 65.8 Å². The van der Waals surface area contributed by atoms with Crippen LogP contribution in [0, 0.1) is 6.92 Å². The van der Waals surface area contributed by atoms with E-state index in [9.17, 15) is 0 Å². The molecule has 21 heavy (non-hydrogen) atoms. The van der Waals surface area contributed by atoms with E-state index in [4.69, 9.17) is 0 Å². The van der Waals surface area contributed by atoms with Gasteiger partial charge < -0.3 is 0 Å². The molecule has 0 spiro atoms. The molecule has 0 aliphatic rings. The molecule has 0 unspecified atom stereocenters. The van der Waals surface area contributed by atoms with Crippen molar-refractivity contribution in [2.24, 2.45) is 0 Å². The van der Waals surface area contributed by atoms with Gasteiger partial charge in [-0.15, -0.1) is 0 Å². The van der Waals surface area contributed by atoms with Gasteiger partial charge in [0.05, 0.1) is 0 Å². The first-order valence-corrected chi connectivity index (χ1v) is 22.9. The molecule has 0 saturated heterocycles. The van der Waals surface area contributed by atoms with Crippen molar-refractivity contribution in [2.75, 3.05) is 0 Å². The molecule has 0 fully saturated rings. The Hall–Kier alpha value is 0.868. The van der Waals surface area contributed by atoms with Gasteiger partial charge in [0.25, 0.3) is 0 Å². The predicted molar refractivity (Wildman–Crippen MR) is 114 cm³/mol. The van der Waals surface area contributed by atoms with Gasteiger partial charge in [0, 0.05) is 32.3 Å². The summed E-state index contributed by atoms with van der Waals surface area (Å²) in [5.74, 6) is 0. The van der Waals surface area contributed by atoms with Crippen LogP contribution in [0.1, 0.15) is 12.8 Å². The SMILES string of the molecule is [CH2]CCC[Si](C)(C)CC[Si](C)(C[Si](C)(C)C)C[Si](C)(C)C. The summed E-state index contributed by atoms with van der Waals surface area (Å²) in [6.45, 7) is 27.6. The van der Waals surface area contributed by atoms with Crippen molar-refractivity contribution in [3.05, 3.63) is 6.92 Å². The Balaban J connectivity index is 4.83. The summed E-state index contributed by atoms with van der Waals surface area (Å²) in [4.78, 5) is 0. The summed E-state index contributed by atoms with van der Waals surface area (Å²) >= 11 is 0. The van der Waals surface area contributed by atoms with Gasteiger partial charge in [-0.2, -0.15) is 0 Å². The molecule has 0 aliphatic heterocycles. The van der Waals surface area contributed by atoms with Crippen LogP contribution >= 0.6 is 0 Å². The molecule has 0 nitrogen and oxygen atoms in total. The van der Waals surface area contributed by atoms with Crippen molar-refractivity contribution < 1.29 is 0 Å². The summed E-state index contributed by atoms with van der Waals surface area (Å²) in [6, 6.07) is 4.71. The Kier molecular flexibility index (Phi) is 8.45. The Labute approximate surface area is 140 Å². The van der Waals surface area contributed by atoms with Crippen LogP contribution in [0.2, 0.25) is 88.4 Å². The zero-order chi connectivity index (χ0) is 16.9. The normalized spacial score (nSPS) is 14.6. The highest BCUT2D eigenvalue weighted by molar-refractivity contribution is 7.02. The molecule has 0 aromatic heterocycles. The van der Waals surface area contributed by atoms with Crippen molar-refractivity contribution >= 4 is 32.3 Å². The Morgan fingerprint density at radius 3 is 1.38 bits per heavy atom. The number of unbranched alkanes of at least 4 members (excludes halogenated alkanes) is 1. The first-order chi connectivity index (χ1) is 9.18. The fraction of sp³-hybridized carbons (Fsp3) is 0.941. The molecule has 0 bridgehead atoms. The first-order valence-electron chi connectivity index (χ1n) is 8.97. The largest absolute Gasteiger partial charge is 0.0698 e. The van der Waals surface area contributed by atoms with Gasteiger partial charge in [0.1, 0.15) is 0 Å². The molecule has 0 heterocycles. The molecule has 0 saturated carbocycles. The highest BCUT2D eigenvalue weighted by Crippen LogP contribution is 2.35. The molecule has 127 valence electrons. The monoisotopic (exact) mass is 359 g/mol. The van der Waals surface area contributed by atoms with Gasteiger partial charge in [-0.1, -0.05) is 108 Å². The van der Waals surface area contributed by atoms with Gasteiger partial charge in [0.15, 0.2) is 0 Å².